The van der Waals surface area contributed by atoms with Gasteiger partial charge in [0.15, 0.2) is 0 Å². The van der Waals surface area contributed by atoms with Gasteiger partial charge >= 0.3 is 0 Å². The number of rotatable bonds is 11. The first-order chi connectivity index (χ1) is 7.74. The Kier molecular flexibility index (Phi) is 15.5. The summed E-state index contributed by atoms with van der Waals surface area (Å²) < 4.78 is 1.28. The molecule has 1 nitrogen and oxygen atoms in total. The molecule has 0 aromatic rings. The van der Waals surface area contributed by atoms with E-state index in [1.165, 1.54) is 69.2 Å². The van der Waals surface area contributed by atoms with Gasteiger partial charge in [0.25, 0.3) is 0 Å². The van der Waals surface area contributed by atoms with Gasteiger partial charge < -0.3 is 21.5 Å². The number of hydrogen-bond acceptors (Lipinski definition) is 0. The quantitative estimate of drug-likeness (QED) is 0.398. The van der Waals surface area contributed by atoms with Gasteiger partial charge in [-0.2, -0.15) is 0 Å². The van der Waals surface area contributed by atoms with Crippen LogP contribution in [0.1, 0.15) is 59.3 Å². The van der Waals surface area contributed by atoms with Crippen molar-refractivity contribution in [3.63, 3.8) is 0 Å². The fourth-order valence-corrected chi connectivity index (χ4v) is 2.69. The molecule has 0 atom stereocenters. The van der Waals surface area contributed by atoms with Gasteiger partial charge in [0.05, 0.1) is 32.1 Å². The van der Waals surface area contributed by atoms with Crippen LogP contribution in [0.4, 0.5) is 0 Å². The Morgan fingerprint density at radius 1 is 0.706 bits per heavy atom. The predicted molar refractivity (Wildman–Crippen MR) is 75.2 cm³/mol. The Hall–Kier alpha value is 0.730. The first-order valence-corrected chi connectivity index (χ1v) is 7.69. The molecule has 0 radical (unpaired) electrons. The number of alkyl halides is 1. The van der Waals surface area contributed by atoms with E-state index in [0.29, 0.717) is 0 Å². The second kappa shape index (κ2) is 13.2. The van der Waals surface area contributed by atoms with E-state index < -0.39 is 0 Å². The van der Waals surface area contributed by atoms with E-state index in [9.17, 15) is 0 Å². The molecule has 17 heavy (non-hydrogen) atoms. The lowest BCUT2D eigenvalue weighted by atomic mass is 10.1. The number of quaternary nitrogens is 1. The van der Waals surface area contributed by atoms with Crippen LogP contribution in [0.15, 0.2) is 0 Å². The van der Waals surface area contributed by atoms with Gasteiger partial charge in [-0.15, -0.1) is 11.6 Å². The smallest absolute Gasteiger partial charge is 0.0924 e. The third-order valence-electron chi connectivity index (χ3n) is 3.52. The van der Waals surface area contributed by atoms with Crippen LogP contribution < -0.4 is 17.0 Å². The van der Waals surface area contributed by atoms with Gasteiger partial charge in [-0.25, -0.2) is 0 Å². The molecule has 0 saturated heterocycles. The molecule has 0 aliphatic heterocycles. The minimum atomic E-state index is 0. The zero-order valence-electron chi connectivity index (χ0n) is 12.0. The summed E-state index contributed by atoms with van der Waals surface area (Å²) in [6.45, 7) is 12.0. The Balaban J connectivity index is 0. The topological polar surface area (TPSA) is 0 Å². The van der Waals surface area contributed by atoms with Crippen molar-refractivity contribution in [1.29, 1.82) is 0 Å². The van der Waals surface area contributed by atoms with Crippen LogP contribution in [-0.4, -0.2) is 36.5 Å². The van der Waals surface area contributed by atoms with Crippen molar-refractivity contribution in [1.82, 2.24) is 0 Å². The molecule has 3 heteroatoms. The highest BCUT2D eigenvalue weighted by atomic mass is 79.9. The molecule has 0 aliphatic carbocycles. The van der Waals surface area contributed by atoms with Crippen LogP contribution in [0.25, 0.3) is 0 Å². The molecule has 0 unspecified atom stereocenters. The zero-order chi connectivity index (χ0) is 12.3. The summed E-state index contributed by atoms with van der Waals surface area (Å²) in [5, 5.41) is 0. The van der Waals surface area contributed by atoms with Gasteiger partial charge in [0, 0.05) is 0 Å². The Bertz CT molecular complexity index is 131. The SMILES string of the molecule is CCCC[N+](CCCl)(CCCC)CCCC.[Br-]. The van der Waals surface area contributed by atoms with E-state index in [1.54, 1.807) is 0 Å². The minimum absolute atomic E-state index is 0. The Labute approximate surface area is 124 Å². The molecule has 0 saturated carbocycles. The molecule has 0 bridgehead atoms. The normalized spacial score (nSPS) is 11.3. The second-order valence-electron chi connectivity index (χ2n) is 4.99. The van der Waals surface area contributed by atoms with E-state index in [4.69, 9.17) is 11.6 Å². The Morgan fingerprint density at radius 2 is 1.06 bits per heavy atom. The lowest BCUT2D eigenvalue weighted by molar-refractivity contribution is -0.926. The summed E-state index contributed by atoms with van der Waals surface area (Å²) in [5.74, 6) is 0.817. The summed E-state index contributed by atoms with van der Waals surface area (Å²) in [7, 11) is 0. The standard InChI is InChI=1S/C14H31ClN.BrH/c1-4-7-11-16(14-10-15,12-8-5-2)13-9-6-3;/h4-14H2,1-3H3;1H/q+1;/p-1. The summed E-state index contributed by atoms with van der Waals surface area (Å²) in [6.07, 6.45) is 7.97. The average molecular weight is 329 g/mol. The third-order valence-corrected chi connectivity index (χ3v) is 3.69. The summed E-state index contributed by atoms with van der Waals surface area (Å²) in [5.41, 5.74) is 0. The first kappa shape index (κ1) is 20.1. The maximum Gasteiger partial charge on any atom is 0.0924 e. The first-order valence-electron chi connectivity index (χ1n) is 7.15. The summed E-state index contributed by atoms with van der Waals surface area (Å²) >= 11 is 6.01. The second-order valence-corrected chi connectivity index (χ2v) is 5.36. The van der Waals surface area contributed by atoms with E-state index >= 15 is 0 Å². The lowest BCUT2D eigenvalue weighted by Gasteiger charge is -2.38. The molecule has 0 heterocycles. The van der Waals surface area contributed by atoms with Crippen molar-refractivity contribution in [2.24, 2.45) is 0 Å². The molecule has 0 fully saturated rings. The van der Waals surface area contributed by atoms with Crippen LogP contribution >= 0.6 is 11.6 Å². The molecule has 0 rings (SSSR count). The number of nitrogens with zero attached hydrogens (tertiary/aromatic N) is 1. The van der Waals surface area contributed by atoms with Crippen molar-refractivity contribution in [2.75, 3.05) is 32.1 Å². The van der Waals surface area contributed by atoms with Gasteiger partial charge in [0.2, 0.25) is 0 Å². The molecule has 0 aromatic carbocycles. The van der Waals surface area contributed by atoms with Gasteiger partial charge in [-0.1, -0.05) is 40.0 Å². The molecule has 0 aliphatic rings. The zero-order valence-corrected chi connectivity index (χ0v) is 14.3. The van der Waals surface area contributed by atoms with Crippen LogP contribution in [0.5, 0.6) is 0 Å². The molecular formula is C14H31BrClN. The lowest BCUT2D eigenvalue weighted by Crippen LogP contribution is -3.00. The van der Waals surface area contributed by atoms with Crippen LogP contribution in [0, 0.1) is 0 Å². The van der Waals surface area contributed by atoms with E-state index in [1.807, 2.05) is 0 Å². The highest BCUT2D eigenvalue weighted by Gasteiger charge is 2.24. The van der Waals surface area contributed by atoms with Gasteiger partial charge in [0.1, 0.15) is 0 Å². The minimum Gasteiger partial charge on any atom is -1.00 e. The van der Waals surface area contributed by atoms with E-state index in [2.05, 4.69) is 20.8 Å². The van der Waals surface area contributed by atoms with Crippen molar-refractivity contribution in [3.05, 3.63) is 0 Å². The number of hydrogen-bond donors (Lipinski definition) is 0. The van der Waals surface area contributed by atoms with Gasteiger partial charge in [-0.05, 0) is 19.3 Å². The maximum atomic E-state index is 6.01. The third kappa shape index (κ3) is 9.32. The summed E-state index contributed by atoms with van der Waals surface area (Å²) in [6, 6.07) is 0. The molecule has 0 N–H and O–H groups in total. The van der Waals surface area contributed by atoms with Crippen LogP contribution in [0.3, 0.4) is 0 Å². The molecule has 0 spiro atoms. The van der Waals surface area contributed by atoms with E-state index in [-0.39, 0.29) is 17.0 Å². The summed E-state index contributed by atoms with van der Waals surface area (Å²) in [4.78, 5) is 0. The molecule has 0 amide bonds. The number of unbranched alkanes of at least 4 members (excludes halogenated alkanes) is 3. The highest BCUT2D eigenvalue weighted by molar-refractivity contribution is 6.17. The van der Waals surface area contributed by atoms with E-state index in [0.717, 1.165) is 5.88 Å². The molecule has 106 valence electrons. The monoisotopic (exact) mass is 327 g/mol. The Morgan fingerprint density at radius 3 is 1.29 bits per heavy atom. The average Bonchev–Trinajstić information content (AvgIpc) is 2.31. The number of halogens is 2. The molecular weight excluding hydrogens is 298 g/mol. The largest absolute Gasteiger partial charge is 1.00 e. The van der Waals surface area contributed by atoms with Crippen LogP contribution in [-0.2, 0) is 0 Å². The predicted octanol–water partition coefficient (Wildman–Crippen LogP) is 1.45. The van der Waals surface area contributed by atoms with Crippen molar-refractivity contribution in [3.8, 4) is 0 Å². The fourth-order valence-electron chi connectivity index (χ4n) is 2.33. The maximum absolute atomic E-state index is 6.01. The molecule has 0 aromatic heterocycles. The van der Waals surface area contributed by atoms with Gasteiger partial charge in [-0.3, -0.25) is 0 Å². The highest BCUT2D eigenvalue weighted by Crippen LogP contribution is 2.14. The van der Waals surface area contributed by atoms with Crippen molar-refractivity contribution >= 4 is 11.6 Å². The van der Waals surface area contributed by atoms with Crippen molar-refractivity contribution in [2.45, 2.75) is 59.3 Å². The van der Waals surface area contributed by atoms with Crippen LogP contribution in [0.2, 0.25) is 0 Å². The fraction of sp³-hybridized carbons (Fsp3) is 1.00. The van der Waals surface area contributed by atoms with Crippen molar-refractivity contribution < 1.29 is 21.5 Å².